The molecule has 0 fully saturated rings. The maximum atomic E-state index is 12.8. The molecule has 0 spiro atoms. The molecule has 1 heterocycles. The maximum Gasteiger partial charge on any atom is 0.242 e. The first-order chi connectivity index (χ1) is 12.2. The minimum atomic E-state index is -0.105. The molecule has 0 bridgehead atoms. The first-order valence-electron chi connectivity index (χ1n) is 8.20. The second-order valence-electron chi connectivity index (χ2n) is 5.85. The van der Waals surface area contributed by atoms with Gasteiger partial charge in [0.15, 0.2) is 5.43 Å². The van der Waals surface area contributed by atoms with Gasteiger partial charge < -0.3 is 14.6 Å². The third-order valence-electron chi connectivity index (χ3n) is 4.13. The summed E-state index contributed by atoms with van der Waals surface area (Å²) in [4.78, 5) is 26.3. The number of rotatable bonds is 6. The van der Waals surface area contributed by atoms with Gasteiger partial charge in [-0.3, -0.25) is 9.59 Å². The van der Waals surface area contributed by atoms with Crippen molar-refractivity contribution >= 4 is 16.8 Å². The van der Waals surface area contributed by atoms with Crippen LogP contribution in [0.4, 0.5) is 0 Å². The Bertz CT molecular complexity index is 919. The minimum absolute atomic E-state index is 0.0594. The monoisotopic (exact) mass is 336 g/mol. The van der Waals surface area contributed by atoms with Gasteiger partial charge >= 0.3 is 0 Å². The summed E-state index contributed by atoms with van der Waals surface area (Å²) in [5.74, 6) is -0.105. The van der Waals surface area contributed by atoms with E-state index in [0.717, 1.165) is 11.1 Å². The number of amides is 1. The normalized spacial score (nSPS) is 10.8. The van der Waals surface area contributed by atoms with E-state index in [1.165, 1.54) is 6.07 Å². The number of aliphatic hydroxyl groups excluding tert-OH is 1. The van der Waals surface area contributed by atoms with E-state index in [9.17, 15) is 14.7 Å². The summed E-state index contributed by atoms with van der Waals surface area (Å²) in [6, 6.07) is 18.4. The van der Waals surface area contributed by atoms with Gasteiger partial charge in [0, 0.05) is 30.7 Å². The number of pyridine rings is 1. The summed E-state index contributed by atoms with van der Waals surface area (Å²) in [7, 11) is 0. The van der Waals surface area contributed by atoms with Crippen LogP contribution in [0.15, 0.2) is 71.7 Å². The van der Waals surface area contributed by atoms with Crippen LogP contribution < -0.4 is 5.43 Å². The zero-order valence-corrected chi connectivity index (χ0v) is 13.8. The van der Waals surface area contributed by atoms with E-state index in [0.29, 0.717) is 11.9 Å². The number of carbonyl (C=O) groups is 1. The Morgan fingerprint density at radius 3 is 2.48 bits per heavy atom. The van der Waals surface area contributed by atoms with Crippen LogP contribution in [0.1, 0.15) is 5.56 Å². The summed E-state index contributed by atoms with van der Waals surface area (Å²) in [5, 5.41) is 9.89. The van der Waals surface area contributed by atoms with Crippen LogP contribution in [0, 0.1) is 0 Å². The summed E-state index contributed by atoms with van der Waals surface area (Å²) in [6.45, 7) is 0.737. The lowest BCUT2D eigenvalue weighted by atomic mass is 10.2. The number of para-hydroxylation sites is 1. The molecule has 0 aliphatic rings. The van der Waals surface area contributed by atoms with Crippen LogP contribution in [0.5, 0.6) is 0 Å². The Labute approximate surface area is 145 Å². The van der Waals surface area contributed by atoms with Crippen molar-refractivity contribution in [2.75, 3.05) is 13.2 Å². The van der Waals surface area contributed by atoms with Crippen LogP contribution in [-0.2, 0) is 17.9 Å². The van der Waals surface area contributed by atoms with Crippen molar-refractivity contribution in [2.45, 2.75) is 13.1 Å². The second-order valence-corrected chi connectivity index (χ2v) is 5.85. The average Bonchev–Trinajstić information content (AvgIpc) is 2.65. The minimum Gasteiger partial charge on any atom is -0.395 e. The van der Waals surface area contributed by atoms with Crippen molar-refractivity contribution in [2.24, 2.45) is 0 Å². The Kier molecular flexibility index (Phi) is 5.26. The fourth-order valence-corrected chi connectivity index (χ4v) is 2.86. The highest BCUT2D eigenvalue weighted by molar-refractivity contribution is 5.82. The van der Waals surface area contributed by atoms with E-state index >= 15 is 0 Å². The smallest absolute Gasteiger partial charge is 0.242 e. The molecule has 0 saturated carbocycles. The number of fused-ring (bicyclic) bond motifs is 1. The predicted molar refractivity (Wildman–Crippen MR) is 97.2 cm³/mol. The number of hydrogen-bond donors (Lipinski definition) is 1. The zero-order chi connectivity index (χ0) is 17.6. The molecule has 0 aliphatic heterocycles. The van der Waals surface area contributed by atoms with Gasteiger partial charge in [-0.05, 0) is 17.7 Å². The summed E-state index contributed by atoms with van der Waals surface area (Å²) < 4.78 is 1.77. The highest BCUT2D eigenvalue weighted by atomic mass is 16.3. The quantitative estimate of drug-likeness (QED) is 0.749. The Morgan fingerprint density at radius 1 is 1.00 bits per heavy atom. The lowest BCUT2D eigenvalue weighted by Crippen LogP contribution is -2.35. The molecule has 1 N–H and O–H groups in total. The number of nitrogens with zero attached hydrogens (tertiary/aromatic N) is 2. The Hall–Kier alpha value is -2.92. The van der Waals surface area contributed by atoms with E-state index < -0.39 is 0 Å². The van der Waals surface area contributed by atoms with Crippen molar-refractivity contribution in [3.63, 3.8) is 0 Å². The molecule has 3 rings (SSSR count). The Balaban J connectivity index is 1.84. The van der Waals surface area contributed by atoms with Crippen molar-refractivity contribution in [1.82, 2.24) is 9.47 Å². The van der Waals surface area contributed by atoms with Crippen molar-refractivity contribution in [1.29, 1.82) is 0 Å². The third kappa shape index (κ3) is 3.95. The highest BCUT2D eigenvalue weighted by Gasteiger charge is 2.15. The van der Waals surface area contributed by atoms with E-state index in [2.05, 4.69) is 0 Å². The molecular formula is C20H20N2O3. The van der Waals surface area contributed by atoms with Crippen molar-refractivity contribution < 1.29 is 9.90 Å². The molecule has 5 nitrogen and oxygen atoms in total. The average molecular weight is 336 g/mol. The number of aromatic nitrogens is 1. The van der Waals surface area contributed by atoms with Crippen LogP contribution >= 0.6 is 0 Å². The molecule has 128 valence electrons. The summed E-state index contributed by atoms with van der Waals surface area (Å²) >= 11 is 0. The molecule has 0 aliphatic carbocycles. The lowest BCUT2D eigenvalue weighted by molar-refractivity contribution is -0.132. The third-order valence-corrected chi connectivity index (χ3v) is 4.13. The van der Waals surface area contributed by atoms with Crippen molar-refractivity contribution in [3.8, 4) is 0 Å². The lowest BCUT2D eigenvalue weighted by Gasteiger charge is -2.23. The molecule has 5 heteroatoms. The summed E-state index contributed by atoms with van der Waals surface area (Å²) in [6.07, 6.45) is 1.64. The van der Waals surface area contributed by atoms with E-state index in [4.69, 9.17) is 0 Å². The van der Waals surface area contributed by atoms with Gasteiger partial charge in [-0.25, -0.2) is 0 Å². The van der Waals surface area contributed by atoms with E-state index in [-0.39, 0.29) is 31.0 Å². The largest absolute Gasteiger partial charge is 0.395 e. The van der Waals surface area contributed by atoms with Gasteiger partial charge in [-0.15, -0.1) is 0 Å². The van der Waals surface area contributed by atoms with E-state index in [1.54, 1.807) is 21.7 Å². The van der Waals surface area contributed by atoms with Crippen LogP contribution in [0.25, 0.3) is 10.9 Å². The Morgan fingerprint density at radius 2 is 1.72 bits per heavy atom. The summed E-state index contributed by atoms with van der Waals surface area (Å²) in [5.41, 5.74) is 1.68. The fraction of sp³-hybridized carbons (Fsp3) is 0.200. The van der Waals surface area contributed by atoms with Gasteiger partial charge in [0.25, 0.3) is 0 Å². The molecule has 0 unspecified atom stereocenters. The molecule has 3 aromatic rings. The molecular weight excluding hydrogens is 316 g/mol. The second kappa shape index (κ2) is 7.77. The van der Waals surface area contributed by atoms with Crippen LogP contribution in [0.2, 0.25) is 0 Å². The number of aliphatic hydroxyl groups is 1. The zero-order valence-electron chi connectivity index (χ0n) is 13.8. The van der Waals surface area contributed by atoms with Gasteiger partial charge in [0.05, 0.1) is 12.1 Å². The number of hydrogen-bond acceptors (Lipinski definition) is 3. The van der Waals surface area contributed by atoms with Crippen LogP contribution in [0.3, 0.4) is 0 Å². The first-order valence-corrected chi connectivity index (χ1v) is 8.20. The van der Waals surface area contributed by atoms with Gasteiger partial charge in [-0.1, -0.05) is 42.5 Å². The highest BCUT2D eigenvalue weighted by Crippen LogP contribution is 2.11. The SMILES string of the molecule is O=C(Cn1ccc(=O)c2ccccc21)N(CCO)Cc1ccccc1. The molecule has 0 radical (unpaired) electrons. The maximum absolute atomic E-state index is 12.8. The molecule has 0 atom stereocenters. The molecule has 1 amide bonds. The number of benzene rings is 2. The first kappa shape index (κ1) is 16.9. The molecule has 25 heavy (non-hydrogen) atoms. The predicted octanol–water partition coefficient (Wildman–Crippen LogP) is 2.02. The van der Waals surface area contributed by atoms with E-state index in [1.807, 2.05) is 48.5 Å². The standard InChI is InChI=1S/C20H20N2O3/c23-13-12-22(14-16-6-2-1-3-7-16)20(25)15-21-11-10-19(24)17-8-4-5-9-18(17)21/h1-11,23H,12-15H2. The van der Waals surface area contributed by atoms with Gasteiger partial charge in [-0.2, -0.15) is 0 Å². The fourth-order valence-electron chi connectivity index (χ4n) is 2.86. The molecule has 2 aromatic carbocycles. The van der Waals surface area contributed by atoms with Gasteiger partial charge in [0.1, 0.15) is 6.54 Å². The number of carbonyl (C=O) groups excluding carboxylic acids is 1. The van der Waals surface area contributed by atoms with Gasteiger partial charge in [0.2, 0.25) is 5.91 Å². The molecule has 0 saturated heterocycles. The van der Waals surface area contributed by atoms with Crippen LogP contribution in [-0.4, -0.2) is 33.6 Å². The molecule has 1 aromatic heterocycles. The topological polar surface area (TPSA) is 62.5 Å². The van der Waals surface area contributed by atoms with Crippen molar-refractivity contribution in [3.05, 3.63) is 82.6 Å².